The molecule has 1 aliphatic heterocycles. The van der Waals surface area contributed by atoms with Crippen LogP contribution in [0, 0.1) is 0 Å². The summed E-state index contributed by atoms with van der Waals surface area (Å²) in [5.41, 5.74) is 5.12. The van der Waals surface area contributed by atoms with E-state index in [4.69, 9.17) is 10.5 Å². The molecular formula is C15H17N7O7S. The topological polar surface area (TPSA) is 208 Å². The van der Waals surface area contributed by atoms with Crippen LogP contribution in [0.15, 0.2) is 40.7 Å². The molecule has 6 N–H and O–H groups in total. The van der Waals surface area contributed by atoms with Gasteiger partial charge < -0.3 is 25.8 Å². The predicted octanol–water partition coefficient (Wildman–Crippen LogP) is -2.89. The molecule has 4 rings (SSSR count). The fourth-order valence-corrected chi connectivity index (χ4v) is 3.92. The van der Waals surface area contributed by atoms with Crippen LogP contribution in [0.3, 0.4) is 0 Å². The normalized spacial score (nSPS) is 24.4. The van der Waals surface area contributed by atoms with Gasteiger partial charge in [-0.25, -0.2) is 14.5 Å². The maximum absolute atomic E-state index is 12.7. The standard InChI is InChI=1S/C15H17N7O7S/c16-12-9-13(21(6-17-9)14-11(26)10(25)7(5-23)29-14)19-15(18-12)30(27,28)20-22-4-2-1-3-8(22)24/h1-4,6-7,10-11,14,20,23,25-26H,5H2,(H2,16,18,19)/t7-,10?,11?,14-/m1/s1. The highest BCUT2D eigenvalue weighted by atomic mass is 32.2. The average molecular weight is 439 g/mol. The first kappa shape index (κ1) is 20.2. The summed E-state index contributed by atoms with van der Waals surface area (Å²) in [6.07, 6.45) is -2.72. The smallest absolute Gasteiger partial charge is 0.311 e. The Balaban J connectivity index is 1.77. The quantitative estimate of drug-likeness (QED) is 0.255. The number of nitrogens with two attached hydrogens (primary N) is 1. The number of anilines is 1. The van der Waals surface area contributed by atoms with Gasteiger partial charge in [-0.3, -0.25) is 9.36 Å². The molecule has 2 unspecified atom stereocenters. The molecule has 0 saturated carbocycles. The monoisotopic (exact) mass is 439 g/mol. The Morgan fingerprint density at radius 2 is 2.00 bits per heavy atom. The number of fused-ring (bicyclic) bond motifs is 1. The summed E-state index contributed by atoms with van der Waals surface area (Å²) in [4.78, 5) is 25.5. The highest BCUT2D eigenvalue weighted by molar-refractivity contribution is 7.92. The first-order chi connectivity index (χ1) is 14.2. The number of nitrogens with zero attached hydrogens (tertiary/aromatic N) is 5. The largest absolute Gasteiger partial charge is 0.394 e. The molecule has 1 saturated heterocycles. The first-order valence-corrected chi connectivity index (χ1v) is 10.0. The zero-order chi connectivity index (χ0) is 21.6. The van der Waals surface area contributed by atoms with Crippen LogP contribution >= 0.6 is 0 Å². The number of hydrogen-bond acceptors (Lipinski definition) is 11. The van der Waals surface area contributed by atoms with Gasteiger partial charge in [-0.15, -0.1) is 0 Å². The molecule has 0 amide bonds. The van der Waals surface area contributed by atoms with Crippen LogP contribution in [0.1, 0.15) is 6.23 Å². The van der Waals surface area contributed by atoms with Crippen LogP contribution in [0.5, 0.6) is 0 Å². The highest BCUT2D eigenvalue weighted by Crippen LogP contribution is 2.32. The lowest BCUT2D eigenvalue weighted by Crippen LogP contribution is -2.33. The van der Waals surface area contributed by atoms with Crippen molar-refractivity contribution < 1.29 is 28.5 Å². The fraction of sp³-hybridized carbons (Fsp3) is 0.333. The van der Waals surface area contributed by atoms with E-state index in [1.165, 1.54) is 29.2 Å². The van der Waals surface area contributed by atoms with Crippen molar-refractivity contribution >= 4 is 27.0 Å². The second kappa shape index (κ2) is 7.29. The van der Waals surface area contributed by atoms with Crippen molar-refractivity contribution in [3.8, 4) is 0 Å². The minimum atomic E-state index is -4.43. The molecule has 4 atom stereocenters. The predicted molar refractivity (Wildman–Crippen MR) is 100.0 cm³/mol. The number of imidazole rings is 1. The van der Waals surface area contributed by atoms with E-state index in [2.05, 4.69) is 15.0 Å². The second-order valence-corrected chi connectivity index (χ2v) is 8.00. The number of ether oxygens (including phenoxy) is 1. The Morgan fingerprint density at radius 3 is 2.67 bits per heavy atom. The summed E-state index contributed by atoms with van der Waals surface area (Å²) in [6, 6.07) is 4.03. The van der Waals surface area contributed by atoms with Crippen molar-refractivity contribution in [2.75, 3.05) is 17.2 Å². The van der Waals surface area contributed by atoms with Crippen molar-refractivity contribution in [3.63, 3.8) is 0 Å². The molecule has 1 aliphatic rings. The molecule has 1 fully saturated rings. The summed E-state index contributed by atoms with van der Waals surface area (Å²) in [7, 11) is -4.43. The first-order valence-electron chi connectivity index (χ1n) is 8.56. The van der Waals surface area contributed by atoms with Crippen LogP contribution in [-0.2, 0) is 14.8 Å². The third-order valence-corrected chi connectivity index (χ3v) is 5.60. The lowest BCUT2D eigenvalue weighted by atomic mass is 10.1. The van der Waals surface area contributed by atoms with Crippen molar-refractivity contribution in [1.82, 2.24) is 24.2 Å². The molecule has 160 valence electrons. The molecule has 0 spiro atoms. The van der Waals surface area contributed by atoms with E-state index < -0.39 is 51.9 Å². The third kappa shape index (κ3) is 3.27. The van der Waals surface area contributed by atoms with Gasteiger partial charge in [0.1, 0.15) is 23.8 Å². The summed E-state index contributed by atoms with van der Waals surface area (Å²) in [5.74, 6) is -0.272. The molecule has 3 aromatic heterocycles. The van der Waals surface area contributed by atoms with Gasteiger partial charge in [0.2, 0.25) is 0 Å². The number of aliphatic hydroxyl groups is 3. The molecule has 0 aromatic carbocycles. The number of sulfonamides is 1. The van der Waals surface area contributed by atoms with Gasteiger partial charge in [-0.1, -0.05) is 6.07 Å². The number of nitrogen functional groups attached to an aromatic ring is 1. The van der Waals surface area contributed by atoms with E-state index in [0.717, 1.165) is 10.7 Å². The van der Waals surface area contributed by atoms with E-state index in [1.54, 1.807) is 0 Å². The van der Waals surface area contributed by atoms with Crippen LogP contribution in [0.2, 0.25) is 0 Å². The van der Waals surface area contributed by atoms with Gasteiger partial charge in [0.25, 0.3) is 10.7 Å². The molecule has 14 nitrogen and oxygen atoms in total. The van der Waals surface area contributed by atoms with E-state index in [9.17, 15) is 28.5 Å². The SMILES string of the molecule is Nc1nc(S(=O)(=O)Nn2ccccc2=O)nc2c1ncn2[C@@H]1O[C@H](CO)C(O)C1O. The van der Waals surface area contributed by atoms with Gasteiger partial charge in [-0.2, -0.15) is 18.4 Å². The van der Waals surface area contributed by atoms with Gasteiger partial charge in [0.15, 0.2) is 17.7 Å². The van der Waals surface area contributed by atoms with Crippen molar-refractivity contribution in [2.24, 2.45) is 0 Å². The number of hydrogen-bond donors (Lipinski definition) is 5. The molecule has 30 heavy (non-hydrogen) atoms. The molecule has 3 aromatic rings. The minimum absolute atomic E-state index is 0.0311. The zero-order valence-electron chi connectivity index (χ0n) is 15.1. The van der Waals surface area contributed by atoms with Crippen LogP contribution in [0.25, 0.3) is 11.2 Å². The Morgan fingerprint density at radius 1 is 1.23 bits per heavy atom. The number of aromatic nitrogens is 5. The zero-order valence-corrected chi connectivity index (χ0v) is 15.9. The number of rotatable bonds is 5. The molecule has 15 heteroatoms. The van der Waals surface area contributed by atoms with Crippen LogP contribution < -0.4 is 16.1 Å². The van der Waals surface area contributed by atoms with Crippen LogP contribution in [0.4, 0.5) is 5.82 Å². The van der Waals surface area contributed by atoms with Crippen molar-refractivity contribution in [3.05, 3.63) is 41.1 Å². The van der Waals surface area contributed by atoms with Gasteiger partial charge in [-0.05, 0) is 6.07 Å². The van der Waals surface area contributed by atoms with Crippen molar-refractivity contribution in [2.45, 2.75) is 29.7 Å². The maximum Gasteiger partial charge on any atom is 0.311 e. The minimum Gasteiger partial charge on any atom is -0.394 e. The Hall–Kier alpha value is -3.11. The van der Waals surface area contributed by atoms with E-state index in [0.29, 0.717) is 0 Å². The van der Waals surface area contributed by atoms with Gasteiger partial charge in [0.05, 0.1) is 12.9 Å². The number of nitrogens with one attached hydrogen (secondary N) is 1. The Labute approximate surface area is 168 Å². The van der Waals surface area contributed by atoms with Gasteiger partial charge in [0, 0.05) is 12.3 Å². The summed E-state index contributed by atoms with van der Waals surface area (Å²) in [5, 5.41) is 28.7. The molecule has 0 radical (unpaired) electrons. The summed E-state index contributed by atoms with van der Waals surface area (Å²) < 4.78 is 32.7. The average Bonchev–Trinajstić information content (AvgIpc) is 3.25. The summed E-state index contributed by atoms with van der Waals surface area (Å²) in [6.45, 7) is -0.548. The van der Waals surface area contributed by atoms with Crippen LogP contribution in [-0.4, -0.2) is 72.9 Å². The Bertz CT molecular complexity index is 1260. The fourth-order valence-electron chi connectivity index (χ4n) is 3.01. The number of pyridine rings is 1. The second-order valence-electron chi connectivity index (χ2n) is 6.45. The maximum atomic E-state index is 12.7. The Kier molecular flexibility index (Phi) is 4.91. The lowest BCUT2D eigenvalue weighted by Gasteiger charge is -2.17. The summed E-state index contributed by atoms with van der Waals surface area (Å²) >= 11 is 0. The van der Waals surface area contributed by atoms with E-state index in [1.807, 2.05) is 4.83 Å². The molecule has 0 bridgehead atoms. The third-order valence-electron chi connectivity index (χ3n) is 4.50. The van der Waals surface area contributed by atoms with E-state index in [-0.39, 0.29) is 17.0 Å². The highest BCUT2D eigenvalue weighted by Gasteiger charge is 2.44. The molecule has 0 aliphatic carbocycles. The number of aliphatic hydroxyl groups excluding tert-OH is 3. The lowest BCUT2D eigenvalue weighted by molar-refractivity contribution is -0.0511. The van der Waals surface area contributed by atoms with E-state index >= 15 is 0 Å². The molecule has 4 heterocycles. The molecular weight excluding hydrogens is 422 g/mol. The van der Waals surface area contributed by atoms with Gasteiger partial charge >= 0.3 is 10.0 Å². The van der Waals surface area contributed by atoms with Crippen molar-refractivity contribution in [1.29, 1.82) is 0 Å².